The molecule has 0 aliphatic rings. The van der Waals surface area contributed by atoms with Gasteiger partial charge in [0, 0.05) is 19.6 Å². The van der Waals surface area contributed by atoms with E-state index in [0.717, 1.165) is 23.5 Å². The van der Waals surface area contributed by atoms with Crippen molar-refractivity contribution in [3.05, 3.63) is 0 Å². The number of esters is 2. The summed E-state index contributed by atoms with van der Waals surface area (Å²) in [7, 11) is 0. The Balaban J connectivity index is 4.67. The quantitative estimate of drug-likeness (QED) is 0.405. The molecule has 0 spiro atoms. The van der Waals surface area contributed by atoms with Crippen LogP contribution in [-0.2, 0) is 19.1 Å². The standard InChI is InChI=1S/C9H10N2O4S2/c1-6(12)14-9(15-7(2)13)8(17-5-11)3-16-4-10/h8-9H,3H2,1-2H3. The van der Waals surface area contributed by atoms with E-state index in [-0.39, 0.29) is 5.75 Å². The smallest absolute Gasteiger partial charge is 0.305 e. The van der Waals surface area contributed by atoms with Gasteiger partial charge in [0.1, 0.15) is 16.1 Å². The summed E-state index contributed by atoms with van der Waals surface area (Å²) in [4.78, 5) is 21.7. The highest BCUT2D eigenvalue weighted by Gasteiger charge is 2.28. The fourth-order valence-corrected chi connectivity index (χ4v) is 2.09. The number of nitriles is 2. The highest BCUT2D eigenvalue weighted by atomic mass is 32.2. The third-order valence-electron chi connectivity index (χ3n) is 1.38. The second-order valence-corrected chi connectivity index (χ2v) is 4.57. The summed E-state index contributed by atoms with van der Waals surface area (Å²) >= 11 is 1.68. The number of hydrogen-bond donors (Lipinski definition) is 0. The van der Waals surface area contributed by atoms with Crippen molar-refractivity contribution in [1.29, 1.82) is 10.5 Å². The van der Waals surface area contributed by atoms with Crippen molar-refractivity contribution in [2.45, 2.75) is 25.4 Å². The lowest BCUT2D eigenvalue weighted by Crippen LogP contribution is -2.34. The van der Waals surface area contributed by atoms with E-state index in [1.54, 1.807) is 0 Å². The number of thioether (sulfide) groups is 2. The molecule has 0 amide bonds. The Bertz CT molecular complexity index is 345. The third-order valence-corrected chi connectivity index (χ3v) is 3.05. The fraction of sp³-hybridized carbons (Fsp3) is 0.556. The van der Waals surface area contributed by atoms with Crippen LogP contribution in [0.1, 0.15) is 13.8 Å². The van der Waals surface area contributed by atoms with Crippen molar-refractivity contribution >= 4 is 35.5 Å². The topological polar surface area (TPSA) is 100 Å². The van der Waals surface area contributed by atoms with Gasteiger partial charge < -0.3 is 9.47 Å². The molecule has 0 heterocycles. The largest absolute Gasteiger partial charge is 0.424 e. The van der Waals surface area contributed by atoms with Gasteiger partial charge in [-0.05, 0) is 23.5 Å². The van der Waals surface area contributed by atoms with Crippen molar-refractivity contribution in [2.75, 3.05) is 5.75 Å². The van der Waals surface area contributed by atoms with Crippen LogP contribution >= 0.6 is 23.5 Å². The molecule has 0 radical (unpaired) electrons. The number of nitrogens with zero attached hydrogens (tertiary/aromatic N) is 2. The van der Waals surface area contributed by atoms with Crippen LogP contribution in [0.2, 0.25) is 0 Å². The molecule has 17 heavy (non-hydrogen) atoms. The van der Waals surface area contributed by atoms with Gasteiger partial charge in [-0.2, -0.15) is 10.5 Å². The van der Waals surface area contributed by atoms with E-state index in [1.807, 2.05) is 10.8 Å². The number of thiocyanates is 2. The van der Waals surface area contributed by atoms with E-state index >= 15 is 0 Å². The molecule has 0 saturated carbocycles. The Morgan fingerprint density at radius 1 is 1.18 bits per heavy atom. The Hall–Kier alpha value is -1.38. The minimum atomic E-state index is -1.16. The van der Waals surface area contributed by atoms with Crippen LogP contribution in [0, 0.1) is 21.3 Å². The Morgan fingerprint density at radius 3 is 2.06 bits per heavy atom. The first-order valence-electron chi connectivity index (χ1n) is 4.41. The second-order valence-electron chi connectivity index (χ2n) is 2.74. The number of rotatable bonds is 6. The van der Waals surface area contributed by atoms with Gasteiger partial charge in [0.25, 0.3) is 6.29 Å². The van der Waals surface area contributed by atoms with Crippen molar-refractivity contribution in [3.63, 3.8) is 0 Å². The molecule has 0 aromatic carbocycles. The predicted octanol–water partition coefficient (Wildman–Crippen LogP) is 1.24. The van der Waals surface area contributed by atoms with Crippen molar-refractivity contribution in [2.24, 2.45) is 0 Å². The van der Waals surface area contributed by atoms with Gasteiger partial charge in [-0.3, -0.25) is 9.59 Å². The Labute approximate surface area is 107 Å². The predicted molar refractivity (Wildman–Crippen MR) is 62.4 cm³/mol. The summed E-state index contributed by atoms with van der Waals surface area (Å²) in [5, 5.41) is 20.1. The number of hydrogen-bond acceptors (Lipinski definition) is 8. The molecule has 1 unspecified atom stereocenters. The van der Waals surface area contributed by atoms with Crippen LogP contribution < -0.4 is 0 Å². The molecule has 0 aliphatic carbocycles. The van der Waals surface area contributed by atoms with Gasteiger partial charge in [0.05, 0.1) is 0 Å². The molecular formula is C9H10N2O4S2. The van der Waals surface area contributed by atoms with Crippen molar-refractivity contribution < 1.29 is 19.1 Å². The molecule has 1 atom stereocenters. The highest BCUT2D eigenvalue weighted by Crippen LogP contribution is 2.21. The van der Waals surface area contributed by atoms with Crippen LogP contribution in [-0.4, -0.2) is 29.2 Å². The molecule has 0 bridgehead atoms. The zero-order chi connectivity index (χ0) is 13.3. The molecule has 0 rings (SSSR count). The summed E-state index contributed by atoms with van der Waals surface area (Å²) in [6.07, 6.45) is -1.16. The zero-order valence-corrected chi connectivity index (χ0v) is 10.8. The first kappa shape index (κ1) is 15.6. The molecule has 8 heteroatoms. The van der Waals surface area contributed by atoms with Crippen LogP contribution in [0.15, 0.2) is 0 Å². The average molecular weight is 274 g/mol. The minimum Gasteiger partial charge on any atom is -0.424 e. The van der Waals surface area contributed by atoms with Crippen molar-refractivity contribution in [3.8, 4) is 10.8 Å². The Kier molecular flexibility index (Phi) is 8.03. The van der Waals surface area contributed by atoms with Gasteiger partial charge in [0.2, 0.25) is 0 Å². The van der Waals surface area contributed by atoms with Crippen molar-refractivity contribution in [1.82, 2.24) is 0 Å². The van der Waals surface area contributed by atoms with Gasteiger partial charge in [-0.25, -0.2) is 0 Å². The van der Waals surface area contributed by atoms with E-state index < -0.39 is 23.5 Å². The zero-order valence-electron chi connectivity index (χ0n) is 9.21. The molecule has 0 N–H and O–H groups in total. The summed E-state index contributed by atoms with van der Waals surface area (Å²) < 4.78 is 9.59. The maximum absolute atomic E-state index is 10.8. The lowest BCUT2D eigenvalue weighted by Gasteiger charge is -2.22. The molecule has 6 nitrogen and oxygen atoms in total. The monoisotopic (exact) mass is 274 g/mol. The molecule has 0 aliphatic heterocycles. The first-order chi connectivity index (χ1) is 8.01. The summed E-state index contributed by atoms with van der Waals surface area (Å²) in [6, 6.07) is 0. The minimum absolute atomic E-state index is 0.208. The number of carbonyl (C=O) groups is 2. The Morgan fingerprint density at radius 2 is 1.71 bits per heavy atom. The molecule has 0 saturated heterocycles. The summed E-state index contributed by atoms with van der Waals surface area (Å²) in [6.45, 7) is 2.34. The maximum atomic E-state index is 10.8. The van der Waals surface area contributed by atoms with E-state index in [2.05, 4.69) is 0 Å². The molecule has 0 aromatic rings. The number of carbonyl (C=O) groups excluding carboxylic acids is 2. The second kappa shape index (κ2) is 8.74. The van der Waals surface area contributed by atoms with Crippen LogP contribution in [0.25, 0.3) is 0 Å². The summed E-state index contributed by atoms with van der Waals surface area (Å²) in [5.41, 5.74) is 0. The highest BCUT2D eigenvalue weighted by molar-refractivity contribution is 8.07. The summed E-state index contributed by atoms with van der Waals surface area (Å²) in [5.74, 6) is -1.04. The SMILES string of the molecule is CC(=O)OC(OC(C)=O)C(CSC#N)SC#N. The lowest BCUT2D eigenvalue weighted by molar-refractivity contribution is -0.183. The van der Waals surface area contributed by atoms with E-state index in [0.29, 0.717) is 0 Å². The van der Waals surface area contributed by atoms with Crippen LogP contribution in [0.3, 0.4) is 0 Å². The molecule has 0 fully saturated rings. The van der Waals surface area contributed by atoms with Gasteiger partial charge in [0.15, 0.2) is 0 Å². The van der Waals surface area contributed by atoms with E-state index in [4.69, 9.17) is 20.0 Å². The van der Waals surface area contributed by atoms with Crippen LogP contribution in [0.4, 0.5) is 0 Å². The van der Waals surface area contributed by atoms with Crippen LogP contribution in [0.5, 0.6) is 0 Å². The van der Waals surface area contributed by atoms with E-state index in [9.17, 15) is 9.59 Å². The maximum Gasteiger partial charge on any atom is 0.305 e. The van der Waals surface area contributed by atoms with Gasteiger partial charge in [-0.1, -0.05) is 0 Å². The van der Waals surface area contributed by atoms with Gasteiger partial charge >= 0.3 is 11.9 Å². The number of ether oxygens (including phenoxy) is 2. The normalized spacial score (nSPS) is 11.1. The fourth-order valence-electron chi connectivity index (χ4n) is 0.858. The average Bonchev–Trinajstić information content (AvgIpc) is 2.22. The molecule has 92 valence electrons. The first-order valence-corrected chi connectivity index (χ1v) is 6.27. The van der Waals surface area contributed by atoms with Gasteiger partial charge in [-0.15, -0.1) is 0 Å². The molecule has 0 aromatic heterocycles. The van der Waals surface area contributed by atoms with E-state index in [1.165, 1.54) is 13.8 Å². The third kappa shape index (κ3) is 7.50. The molecular weight excluding hydrogens is 264 g/mol. The lowest BCUT2D eigenvalue weighted by atomic mass is 10.4.